The van der Waals surface area contributed by atoms with Gasteiger partial charge in [-0.15, -0.1) is 23.7 Å². The summed E-state index contributed by atoms with van der Waals surface area (Å²) < 4.78 is 0. The summed E-state index contributed by atoms with van der Waals surface area (Å²) in [5, 5.41) is 7.61. The zero-order valence-corrected chi connectivity index (χ0v) is 13.6. The summed E-state index contributed by atoms with van der Waals surface area (Å²) in [5.41, 5.74) is 5.95. The predicted molar refractivity (Wildman–Crippen MR) is 86.5 cm³/mol. The van der Waals surface area contributed by atoms with Crippen molar-refractivity contribution in [3.05, 3.63) is 22.4 Å². The van der Waals surface area contributed by atoms with E-state index < -0.39 is 0 Å². The van der Waals surface area contributed by atoms with Gasteiger partial charge in [-0.3, -0.25) is 9.59 Å². The van der Waals surface area contributed by atoms with Gasteiger partial charge in [0.25, 0.3) is 0 Å². The van der Waals surface area contributed by atoms with E-state index in [1.54, 1.807) is 0 Å². The Hall–Kier alpha value is -1.11. The first-order chi connectivity index (χ1) is 9.56. The maximum Gasteiger partial charge on any atom is 0.222 e. The summed E-state index contributed by atoms with van der Waals surface area (Å²) >= 11 is 1.53. The number of nitrogens with two attached hydrogens (primary N) is 1. The SMILES string of the molecule is CC(=O)NC(CC(=O)NCC(N)C1CC1)c1cccs1.Cl. The predicted octanol–water partition coefficient (Wildman–Crippen LogP) is 1.59. The molecular weight excluding hydrogens is 310 g/mol. The van der Waals surface area contributed by atoms with Gasteiger partial charge in [0.05, 0.1) is 12.5 Å². The fourth-order valence-electron chi connectivity index (χ4n) is 2.14. The molecule has 2 rings (SSSR count). The molecule has 2 unspecified atom stereocenters. The van der Waals surface area contributed by atoms with Crippen molar-refractivity contribution in [2.45, 2.75) is 38.3 Å². The summed E-state index contributed by atoms with van der Waals surface area (Å²) in [7, 11) is 0. The van der Waals surface area contributed by atoms with Crippen LogP contribution in [0.1, 0.15) is 37.1 Å². The molecule has 21 heavy (non-hydrogen) atoms. The maximum absolute atomic E-state index is 12.0. The molecule has 0 spiro atoms. The molecule has 0 bridgehead atoms. The largest absolute Gasteiger partial charge is 0.354 e. The number of carbonyl (C=O) groups is 2. The molecule has 1 aromatic rings. The van der Waals surface area contributed by atoms with E-state index >= 15 is 0 Å². The zero-order valence-electron chi connectivity index (χ0n) is 12.0. The number of hydrogen-bond acceptors (Lipinski definition) is 4. The number of thiophene rings is 1. The second-order valence-corrected chi connectivity index (χ2v) is 6.26. The third kappa shape index (κ3) is 6.03. The van der Waals surface area contributed by atoms with E-state index in [9.17, 15) is 9.59 Å². The third-order valence-corrected chi connectivity index (χ3v) is 4.40. The highest BCUT2D eigenvalue weighted by atomic mass is 35.5. The highest BCUT2D eigenvalue weighted by Gasteiger charge is 2.28. The minimum Gasteiger partial charge on any atom is -0.354 e. The summed E-state index contributed by atoms with van der Waals surface area (Å²) in [6.07, 6.45) is 2.58. The van der Waals surface area contributed by atoms with Crippen LogP contribution in [0.4, 0.5) is 0 Å². The molecule has 1 aromatic heterocycles. The first-order valence-corrected chi connectivity index (χ1v) is 7.77. The fraction of sp³-hybridized carbons (Fsp3) is 0.571. The average Bonchev–Trinajstić information content (AvgIpc) is 3.10. The van der Waals surface area contributed by atoms with Crippen LogP contribution in [0.3, 0.4) is 0 Å². The number of nitrogens with one attached hydrogen (secondary N) is 2. The monoisotopic (exact) mass is 331 g/mol. The molecule has 5 nitrogen and oxygen atoms in total. The smallest absolute Gasteiger partial charge is 0.222 e. The highest BCUT2D eigenvalue weighted by molar-refractivity contribution is 7.10. The van der Waals surface area contributed by atoms with Crippen molar-refractivity contribution in [3.63, 3.8) is 0 Å². The zero-order chi connectivity index (χ0) is 14.5. The lowest BCUT2D eigenvalue weighted by Gasteiger charge is -2.17. The Morgan fingerprint density at radius 3 is 2.71 bits per heavy atom. The summed E-state index contributed by atoms with van der Waals surface area (Å²) in [4.78, 5) is 24.2. The summed E-state index contributed by atoms with van der Waals surface area (Å²) in [5.74, 6) is 0.359. The fourth-order valence-corrected chi connectivity index (χ4v) is 2.92. The van der Waals surface area contributed by atoms with Gasteiger partial charge in [0, 0.05) is 24.4 Å². The Bertz CT molecular complexity index is 463. The maximum atomic E-state index is 12.0. The van der Waals surface area contributed by atoms with Crippen molar-refractivity contribution in [2.24, 2.45) is 11.7 Å². The van der Waals surface area contributed by atoms with Gasteiger partial charge in [-0.25, -0.2) is 0 Å². The lowest BCUT2D eigenvalue weighted by atomic mass is 10.1. The highest BCUT2D eigenvalue weighted by Crippen LogP contribution is 2.31. The minimum absolute atomic E-state index is 0. The van der Waals surface area contributed by atoms with Crippen molar-refractivity contribution < 1.29 is 9.59 Å². The van der Waals surface area contributed by atoms with Crippen LogP contribution in [-0.4, -0.2) is 24.4 Å². The molecule has 118 valence electrons. The topological polar surface area (TPSA) is 84.2 Å². The van der Waals surface area contributed by atoms with E-state index in [1.165, 1.54) is 31.1 Å². The van der Waals surface area contributed by atoms with Crippen LogP contribution in [0.15, 0.2) is 17.5 Å². The average molecular weight is 332 g/mol. The summed E-state index contributed by atoms with van der Waals surface area (Å²) in [6.45, 7) is 1.97. The molecule has 1 aliphatic carbocycles. The molecule has 0 aliphatic heterocycles. The Labute approximate surface area is 135 Å². The van der Waals surface area contributed by atoms with Gasteiger partial charge in [0.15, 0.2) is 0 Å². The molecule has 0 saturated heterocycles. The number of rotatable bonds is 7. The van der Waals surface area contributed by atoms with E-state index in [0.29, 0.717) is 12.5 Å². The Morgan fingerprint density at radius 1 is 1.48 bits per heavy atom. The molecule has 2 amide bonds. The second kappa shape index (κ2) is 8.36. The molecule has 1 heterocycles. The number of halogens is 1. The van der Waals surface area contributed by atoms with Crippen LogP contribution in [-0.2, 0) is 9.59 Å². The molecule has 0 aromatic carbocycles. The quantitative estimate of drug-likeness (QED) is 0.709. The third-order valence-electron chi connectivity index (χ3n) is 3.42. The van der Waals surface area contributed by atoms with Gasteiger partial charge in [-0.1, -0.05) is 6.07 Å². The Morgan fingerprint density at radius 2 is 2.19 bits per heavy atom. The van der Waals surface area contributed by atoms with Crippen LogP contribution in [0.5, 0.6) is 0 Å². The van der Waals surface area contributed by atoms with E-state index in [1.807, 2.05) is 17.5 Å². The molecule has 1 fully saturated rings. The van der Waals surface area contributed by atoms with Crippen LogP contribution in [0.2, 0.25) is 0 Å². The molecule has 1 aliphatic rings. The van der Waals surface area contributed by atoms with E-state index in [2.05, 4.69) is 10.6 Å². The lowest BCUT2D eigenvalue weighted by Crippen LogP contribution is -2.40. The number of hydrogen-bond donors (Lipinski definition) is 3. The minimum atomic E-state index is -0.260. The first-order valence-electron chi connectivity index (χ1n) is 6.89. The lowest BCUT2D eigenvalue weighted by molar-refractivity contribution is -0.122. The molecule has 0 radical (unpaired) electrons. The van der Waals surface area contributed by atoms with Crippen molar-refractivity contribution in [1.82, 2.24) is 10.6 Å². The van der Waals surface area contributed by atoms with Crippen LogP contribution in [0, 0.1) is 5.92 Å². The van der Waals surface area contributed by atoms with Gasteiger partial charge in [-0.2, -0.15) is 0 Å². The van der Waals surface area contributed by atoms with Crippen molar-refractivity contribution in [2.75, 3.05) is 6.54 Å². The molecular formula is C14H22ClN3O2S. The van der Waals surface area contributed by atoms with Crippen LogP contribution >= 0.6 is 23.7 Å². The Kier molecular flexibility index (Phi) is 7.14. The van der Waals surface area contributed by atoms with Gasteiger partial charge in [0.1, 0.15) is 0 Å². The van der Waals surface area contributed by atoms with Gasteiger partial charge in [0.2, 0.25) is 11.8 Å². The normalized spacial score (nSPS) is 16.5. The van der Waals surface area contributed by atoms with Crippen LogP contribution in [0.25, 0.3) is 0 Å². The van der Waals surface area contributed by atoms with E-state index in [-0.39, 0.29) is 42.7 Å². The Balaban J connectivity index is 0.00000220. The summed E-state index contributed by atoms with van der Waals surface area (Å²) in [6, 6.07) is 3.63. The standard InChI is InChI=1S/C14H21N3O2S.ClH/c1-9(18)17-12(13-3-2-6-20-13)7-14(19)16-8-11(15)10-4-5-10;/h2-3,6,10-12H,4-5,7-8,15H2,1H3,(H,16,19)(H,17,18);1H. The molecule has 4 N–H and O–H groups in total. The van der Waals surface area contributed by atoms with Gasteiger partial charge < -0.3 is 16.4 Å². The first kappa shape index (κ1) is 17.9. The molecule has 1 saturated carbocycles. The van der Waals surface area contributed by atoms with Crippen molar-refractivity contribution in [3.8, 4) is 0 Å². The second-order valence-electron chi connectivity index (χ2n) is 5.28. The number of amides is 2. The van der Waals surface area contributed by atoms with E-state index in [4.69, 9.17) is 5.73 Å². The van der Waals surface area contributed by atoms with Crippen LogP contribution < -0.4 is 16.4 Å². The van der Waals surface area contributed by atoms with Crippen molar-refractivity contribution in [1.29, 1.82) is 0 Å². The van der Waals surface area contributed by atoms with Crippen molar-refractivity contribution >= 4 is 35.6 Å². The molecule has 2 atom stereocenters. The van der Waals surface area contributed by atoms with E-state index in [0.717, 1.165) is 4.88 Å². The number of carbonyl (C=O) groups excluding carboxylic acids is 2. The van der Waals surface area contributed by atoms with Gasteiger partial charge in [-0.05, 0) is 30.2 Å². The van der Waals surface area contributed by atoms with Gasteiger partial charge >= 0.3 is 0 Å². The molecule has 7 heteroatoms.